The zero-order valence-electron chi connectivity index (χ0n) is 14.3. The van der Waals surface area contributed by atoms with E-state index in [2.05, 4.69) is 10.3 Å². The van der Waals surface area contributed by atoms with Crippen LogP contribution in [0.3, 0.4) is 0 Å². The molecule has 0 spiro atoms. The van der Waals surface area contributed by atoms with Crippen molar-refractivity contribution in [3.8, 4) is 5.75 Å². The molecule has 1 heterocycles. The third-order valence-electron chi connectivity index (χ3n) is 3.61. The van der Waals surface area contributed by atoms with Gasteiger partial charge < -0.3 is 15.0 Å². The highest BCUT2D eigenvalue weighted by molar-refractivity contribution is 5.91. The lowest BCUT2D eigenvalue weighted by Gasteiger charge is -2.26. The average molecular weight is 331 g/mol. The van der Waals surface area contributed by atoms with Gasteiger partial charge in [-0.15, -0.1) is 0 Å². The van der Waals surface area contributed by atoms with Crippen LogP contribution < -0.4 is 10.1 Å². The lowest BCUT2D eigenvalue weighted by Crippen LogP contribution is -2.33. The van der Waals surface area contributed by atoms with Gasteiger partial charge in [-0.3, -0.25) is 4.98 Å². The second-order valence-corrected chi connectivity index (χ2v) is 5.81. The molecule has 0 aliphatic carbocycles. The summed E-state index contributed by atoms with van der Waals surface area (Å²) >= 11 is 0. The predicted octanol–water partition coefficient (Wildman–Crippen LogP) is 4.23. The number of carbonyl (C=O) groups excluding carboxylic acids is 1. The van der Waals surface area contributed by atoms with Crippen molar-refractivity contribution in [1.82, 2.24) is 9.88 Å². The first-order chi connectivity index (χ1) is 11.4. The molecule has 0 unspecified atom stereocenters. The van der Waals surface area contributed by atoms with Gasteiger partial charge in [-0.2, -0.15) is 0 Å². The minimum Gasteiger partial charge on any atom is -0.489 e. The van der Waals surface area contributed by atoms with Gasteiger partial charge in [0, 0.05) is 25.5 Å². The molecule has 128 valence electrons. The van der Waals surface area contributed by atoms with E-state index >= 15 is 0 Å². The summed E-state index contributed by atoms with van der Waals surface area (Å²) in [5.41, 5.74) is 1.21. The van der Waals surface area contributed by atoms with Gasteiger partial charge in [0.2, 0.25) is 0 Å². The number of hydrogen-bond acceptors (Lipinski definition) is 3. The highest BCUT2D eigenvalue weighted by Crippen LogP contribution is 2.27. The van der Waals surface area contributed by atoms with Gasteiger partial charge in [-0.05, 0) is 44.5 Å². The smallest absolute Gasteiger partial charge is 0.322 e. The van der Waals surface area contributed by atoms with Crippen LogP contribution in [0.4, 0.5) is 14.9 Å². The molecular formula is C18H22FN3O2. The van der Waals surface area contributed by atoms with E-state index in [1.165, 1.54) is 23.1 Å². The zero-order valence-corrected chi connectivity index (χ0v) is 14.3. The van der Waals surface area contributed by atoms with Crippen LogP contribution in [0.25, 0.3) is 0 Å². The molecule has 0 saturated heterocycles. The molecule has 5 nitrogen and oxygen atoms in total. The zero-order chi connectivity index (χ0) is 17.7. The molecule has 24 heavy (non-hydrogen) atoms. The summed E-state index contributed by atoms with van der Waals surface area (Å²) in [5, 5.41) is 2.71. The normalized spacial score (nSPS) is 11.9. The maximum atomic E-state index is 13.5. The number of halogens is 1. The number of aromatic nitrogens is 1. The average Bonchev–Trinajstić information content (AvgIpc) is 2.56. The van der Waals surface area contributed by atoms with Gasteiger partial charge in [-0.25, -0.2) is 9.18 Å². The predicted molar refractivity (Wildman–Crippen MR) is 91.6 cm³/mol. The highest BCUT2D eigenvalue weighted by atomic mass is 19.1. The Morgan fingerprint density at radius 3 is 2.67 bits per heavy atom. The van der Waals surface area contributed by atoms with E-state index in [0.29, 0.717) is 11.4 Å². The Bertz CT molecular complexity index is 692. The van der Waals surface area contributed by atoms with Gasteiger partial charge in [0.1, 0.15) is 11.6 Å². The summed E-state index contributed by atoms with van der Waals surface area (Å²) in [6.07, 6.45) is 3.31. The van der Waals surface area contributed by atoms with Gasteiger partial charge in [0.05, 0.1) is 17.8 Å². The number of nitrogens with one attached hydrogen (secondary N) is 1. The fraction of sp³-hybridized carbons (Fsp3) is 0.333. The number of rotatable bonds is 5. The van der Waals surface area contributed by atoms with E-state index in [0.717, 1.165) is 5.56 Å². The summed E-state index contributed by atoms with van der Waals surface area (Å²) in [7, 11) is 1.68. The van der Waals surface area contributed by atoms with Gasteiger partial charge in [0.25, 0.3) is 0 Å². The third kappa shape index (κ3) is 4.44. The van der Waals surface area contributed by atoms with E-state index in [1.807, 2.05) is 32.9 Å². The fourth-order valence-corrected chi connectivity index (χ4v) is 2.18. The molecular weight excluding hydrogens is 309 g/mol. The van der Waals surface area contributed by atoms with E-state index in [4.69, 9.17) is 4.74 Å². The Balaban J connectivity index is 2.15. The van der Waals surface area contributed by atoms with Crippen LogP contribution in [0.2, 0.25) is 0 Å². The van der Waals surface area contributed by atoms with Crippen molar-refractivity contribution in [3.63, 3.8) is 0 Å². The Labute approximate surface area is 141 Å². The topological polar surface area (TPSA) is 54.5 Å². The number of benzene rings is 1. The fourth-order valence-electron chi connectivity index (χ4n) is 2.18. The highest BCUT2D eigenvalue weighted by Gasteiger charge is 2.19. The van der Waals surface area contributed by atoms with Crippen molar-refractivity contribution >= 4 is 11.7 Å². The molecule has 1 aromatic carbocycles. The van der Waals surface area contributed by atoms with Crippen molar-refractivity contribution in [1.29, 1.82) is 0 Å². The molecule has 2 amide bonds. The van der Waals surface area contributed by atoms with Crippen LogP contribution in [0, 0.1) is 5.82 Å². The summed E-state index contributed by atoms with van der Waals surface area (Å²) in [6, 6.07) is 7.24. The van der Waals surface area contributed by atoms with Crippen molar-refractivity contribution in [2.75, 3.05) is 12.4 Å². The number of hydrogen-bond donors (Lipinski definition) is 1. The summed E-state index contributed by atoms with van der Waals surface area (Å²) in [6.45, 7) is 5.63. The van der Waals surface area contributed by atoms with Gasteiger partial charge in [0.15, 0.2) is 0 Å². The first-order valence-corrected chi connectivity index (χ1v) is 7.78. The molecule has 0 aliphatic heterocycles. The minimum absolute atomic E-state index is 0.0850. The maximum Gasteiger partial charge on any atom is 0.322 e. The molecule has 0 saturated carbocycles. The maximum absolute atomic E-state index is 13.5. The quantitative estimate of drug-likeness (QED) is 0.892. The van der Waals surface area contributed by atoms with Crippen LogP contribution in [0.15, 0.2) is 42.7 Å². The lowest BCUT2D eigenvalue weighted by atomic mass is 10.1. The number of amides is 2. The molecule has 0 fully saturated rings. The van der Waals surface area contributed by atoms with E-state index in [-0.39, 0.29) is 18.2 Å². The van der Waals surface area contributed by atoms with Gasteiger partial charge in [-0.1, -0.05) is 6.07 Å². The first-order valence-electron chi connectivity index (χ1n) is 7.78. The Morgan fingerprint density at radius 1 is 1.29 bits per heavy atom. The Morgan fingerprint density at radius 2 is 2.04 bits per heavy atom. The summed E-state index contributed by atoms with van der Waals surface area (Å²) in [5.74, 6) is -0.00783. The second kappa shape index (κ2) is 7.77. The number of ether oxygens (including phenoxy) is 1. The van der Waals surface area contributed by atoms with Gasteiger partial charge >= 0.3 is 6.03 Å². The molecule has 1 aromatic heterocycles. The second-order valence-electron chi connectivity index (χ2n) is 5.81. The molecule has 0 aliphatic rings. The van der Waals surface area contributed by atoms with E-state index in [1.54, 1.807) is 19.4 Å². The Kier molecular flexibility index (Phi) is 5.73. The number of pyridine rings is 1. The summed E-state index contributed by atoms with van der Waals surface area (Å²) in [4.78, 5) is 18.1. The molecule has 0 bridgehead atoms. The third-order valence-corrected chi connectivity index (χ3v) is 3.61. The molecule has 2 aromatic rings. The van der Waals surface area contributed by atoms with Crippen molar-refractivity contribution in [2.24, 2.45) is 0 Å². The first kappa shape index (κ1) is 17.7. The molecule has 6 heteroatoms. The van der Waals surface area contributed by atoms with Crippen LogP contribution in [-0.4, -0.2) is 29.1 Å². The van der Waals surface area contributed by atoms with Crippen LogP contribution in [-0.2, 0) is 0 Å². The number of carbonyl (C=O) groups is 1. The van der Waals surface area contributed by atoms with Crippen LogP contribution in [0.1, 0.15) is 32.4 Å². The number of urea groups is 1. The van der Waals surface area contributed by atoms with Crippen molar-refractivity contribution in [3.05, 3.63) is 54.1 Å². The minimum atomic E-state index is -0.440. The van der Waals surface area contributed by atoms with Crippen molar-refractivity contribution in [2.45, 2.75) is 32.9 Å². The number of nitrogens with zero attached hydrogens (tertiary/aromatic N) is 2. The molecule has 1 atom stereocenters. The van der Waals surface area contributed by atoms with Crippen LogP contribution in [0.5, 0.6) is 5.75 Å². The van der Waals surface area contributed by atoms with E-state index in [9.17, 15) is 9.18 Å². The Hall–Kier alpha value is -2.63. The largest absolute Gasteiger partial charge is 0.489 e. The summed E-state index contributed by atoms with van der Waals surface area (Å²) < 4.78 is 19.1. The van der Waals surface area contributed by atoms with Crippen molar-refractivity contribution < 1.29 is 13.9 Å². The van der Waals surface area contributed by atoms with E-state index < -0.39 is 5.82 Å². The standard InChI is InChI=1S/C18H22FN3O2/c1-12(2)24-17-8-7-15(19)10-16(17)21-18(23)22(4)13(3)14-6-5-9-20-11-14/h5-13H,1-4H3,(H,21,23)/t13-/m0/s1. The molecule has 2 rings (SSSR count). The molecule has 0 radical (unpaired) electrons. The molecule has 1 N–H and O–H groups in total. The number of anilines is 1. The lowest BCUT2D eigenvalue weighted by molar-refractivity contribution is 0.207. The monoisotopic (exact) mass is 331 g/mol. The SMILES string of the molecule is CC(C)Oc1ccc(F)cc1NC(=O)N(C)[C@@H](C)c1cccnc1. The van der Waals surface area contributed by atoms with Crippen LogP contribution >= 0.6 is 0 Å².